The highest BCUT2D eigenvalue weighted by Gasteiger charge is 2.51. The van der Waals surface area contributed by atoms with Gasteiger partial charge < -0.3 is 14.7 Å². The van der Waals surface area contributed by atoms with Crippen LogP contribution in [0, 0.1) is 5.41 Å². The molecule has 22 heavy (non-hydrogen) atoms. The second-order valence-electron chi connectivity index (χ2n) is 5.52. The fourth-order valence-corrected chi connectivity index (χ4v) is 2.57. The lowest BCUT2D eigenvalue weighted by molar-refractivity contribution is -0.142. The van der Waals surface area contributed by atoms with Crippen LogP contribution in [0.1, 0.15) is 19.4 Å². The molecule has 1 aromatic carbocycles. The van der Waals surface area contributed by atoms with Crippen LogP contribution in [0.25, 0.3) is 0 Å². The van der Waals surface area contributed by atoms with Gasteiger partial charge in [-0.25, -0.2) is 9.59 Å². The Hall–Kier alpha value is -2.63. The molecule has 0 saturated carbocycles. The molecule has 0 radical (unpaired) electrons. The number of nitrogens with zero attached hydrogens (tertiary/aromatic N) is 1. The summed E-state index contributed by atoms with van der Waals surface area (Å²) in [6, 6.07) is 9.04. The molecular weight excluding hydrogens is 286 g/mol. The fraction of sp³-hybridized carbons (Fsp3) is 0.312. The number of hydrogen-bond donors (Lipinski definition) is 1. The van der Waals surface area contributed by atoms with E-state index in [0.717, 1.165) is 12.7 Å². The molecule has 1 aliphatic heterocycles. The Kier molecular flexibility index (Phi) is 4.03. The molecule has 0 aromatic heterocycles. The number of carboxylic acid groups (broad SMARTS) is 1. The molecule has 6 nitrogen and oxygen atoms in total. The van der Waals surface area contributed by atoms with E-state index < -0.39 is 23.3 Å². The molecule has 1 N–H and O–H groups in total. The minimum atomic E-state index is -1.30. The summed E-state index contributed by atoms with van der Waals surface area (Å²) in [6.45, 7) is 3.10. The van der Waals surface area contributed by atoms with Gasteiger partial charge >= 0.3 is 11.9 Å². The summed E-state index contributed by atoms with van der Waals surface area (Å²) in [5, 5.41) is 9.42. The lowest BCUT2D eigenvalue weighted by Gasteiger charge is -2.22. The highest BCUT2D eigenvalue weighted by Crippen LogP contribution is 2.41. The Balaban J connectivity index is 2.54. The first kappa shape index (κ1) is 15.8. The van der Waals surface area contributed by atoms with Gasteiger partial charge in [0.25, 0.3) is 0 Å². The predicted octanol–water partition coefficient (Wildman–Crippen LogP) is 1.57. The zero-order valence-corrected chi connectivity index (χ0v) is 12.6. The summed E-state index contributed by atoms with van der Waals surface area (Å²) >= 11 is 0. The maximum absolute atomic E-state index is 12.6. The van der Waals surface area contributed by atoms with Gasteiger partial charge in [0.1, 0.15) is 5.70 Å². The topological polar surface area (TPSA) is 83.9 Å². The number of methoxy groups -OCH3 is 1. The Labute approximate surface area is 128 Å². The zero-order chi connectivity index (χ0) is 16.5. The second kappa shape index (κ2) is 5.63. The number of amides is 1. The molecule has 0 atom stereocenters. The molecule has 0 unspecified atom stereocenters. The zero-order valence-electron chi connectivity index (χ0n) is 12.6. The number of aliphatic carboxylic acids is 1. The van der Waals surface area contributed by atoms with Crippen LogP contribution in [-0.4, -0.2) is 35.0 Å². The standard InChI is InChI=1S/C16H17NO5/c1-16(2)11(13(18)19)12(14(20)22-3)17(15(16)21)9-10-7-5-4-6-8-10/h4-8H,9H2,1-3H3,(H,18,19). The van der Waals surface area contributed by atoms with Gasteiger partial charge in [0, 0.05) is 0 Å². The average Bonchev–Trinajstić information content (AvgIpc) is 2.68. The van der Waals surface area contributed by atoms with Crippen molar-refractivity contribution in [1.82, 2.24) is 4.90 Å². The van der Waals surface area contributed by atoms with E-state index in [4.69, 9.17) is 0 Å². The first-order valence-corrected chi connectivity index (χ1v) is 6.73. The molecular formula is C16H17NO5. The van der Waals surface area contributed by atoms with Crippen molar-refractivity contribution in [3.05, 3.63) is 47.2 Å². The van der Waals surface area contributed by atoms with E-state index in [1.54, 1.807) is 24.3 Å². The average molecular weight is 303 g/mol. The van der Waals surface area contributed by atoms with Gasteiger partial charge in [-0.15, -0.1) is 0 Å². The highest BCUT2D eigenvalue weighted by molar-refractivity contribution is 6.11. The van der Waals surface area contributed by atoms with Crippen molar-refractivity contribution >= 4 is 17.8 Å². The Bertz CT molecular complexity index is 660. The molecule has 0 aliphatic carbocycles. The minimum absolute atomic E-state index is 0.115. The van der Waals surface area contributed by atoms with Gasteiger partial charge in [-0.05, 0) is 19.4 Å². The first-order valence-electron chi connectivity index (χ1n) is 6.73. The lowest BCUT2D eigenvalue weighted by Crippen LogP contribution is -2.34. The number of hydrogen-bond acceptors (Lipinski definition) is 4. The monoisotopic (exact) mass is 303 g/mol. The van der Waals surface area contributed by atoms with Crippen LogP contribution in [0.5, 0.6) is 0 Å². The van der Waals surface area contributed by atoms with E-state index >= 15 is 0 Å². The van der Waals surface area contributed by atoms with Gasteiger partial charge in [0.2, 0.25) is 5.91 Å². The molecule has 6 heteroatoms. The van der Waals surface area contributed by atoms with Crippen LogP contribution in [0.15, 0.2) is 41.6 Å². The summed E-state index contributed by atoms with van der Waals surface area (Å²) in [6.07, 6.45) is 0. The molecule has 0 saturated heterocycles. The quantitative estimate of drug-likeness (QED) is 0.853. The molecule has 1 heterocycles. The van der Waals surface area contributed by atoms with Crippen molar-refractivity contribution < 1.29 is 24.2 Å². The lowest BCUT2D eigenvalue weighted by atomic mass is 9.85. The van der Waals surface area contributed by atoms with Gasteiger partial charge in [-0.3, -0.25) is 4.79 Å². The third-order valence-corrected chi connectivity index (χ3v) is 3.69. The molecule has 0 bridgehead atoms. The van der Waals surface area contributed by atoms with Crippen LogP contribution in [-0.2, 0) is 25.7 Å². The third kappa shape index (κ3) is 2.47. The van der Waals surface area contributed by atoms with E-state index in [-0.39, 0.29) is 17.8 Å². The smallest absolute Gasteiger partial charge is 0.355 e. The molecule has 2 rings (SSSR count). The van der Waals surface area contributed by atoms with Gasteiger partial charge in [-0.2, -0.15) is 0 Å². The molecule has 1 aliphatic rings. The van der Waals surface area contributed by atoms with Gasteiger partial charge in [0.15, 0.2) is 0 Å². The number of carboxylic acids is 1. The molecule has 0 fully saturated rings. The molecule has 1 amide bonds. The Morgan fingerprint density at radius 3 is 2.32 bits per heavy atom. The summed E-state index contributed by atoms with van der Waals surface area (Å²) in [7, 11) is 1.16. The number of carbonyl (C=O) groups is 3. The third-order valence-electron chi connectivity index (χ3n) is 3.69. The Morgan fingerprint density at radius 1 is 1.23 bits per heavy atom. The largest absolute Gasteiger partial charge is 0.478 e. The van der Waals surface area contributed by atoms with Crippen molar-refractivity contribution in [2.75, 3.05) is 7.11 Å². The summed E-state index contributed by atoms with van der Waals surface area (Å²) in [5.74, 6) is -2.56. The maximum atomic E-state index is 12.6. The van der Waals surface area contributed by atoms with E-state index in [1.807, 2.05) is 6.07 Å². The predicted molar refractivity (Wildman–Crippen MR) is 77.5 cm³/mol. The fourth-order valence-electron chi connectivity index (χ4n) is 2.57. The van der Waals surface area contributed by atoms with E-state index in [1.165, 1.54) is 18.7 Å². The summed E-state index contributed by atoms with van der Waals surface area (Å²) in [5.41, 5.74) is -0.932. The number of ether oxygens (including phenoxy) is 1. The van der Waals surface area contributed by atoms with E-state index in [2.05, 4.69) is 4.74 Å². The maximum Gasteiger partial charge on any atom is 0.355 e. The second-order valence-corrected chi connectivity index (χ2v) is 5.52. The normalized spacial score (nSPS) is 16.9. The van der Waals surface area contributed by atoms with Crippen molar-refractivity contribution in [2.24, 2.45) is 5.41 Å². The van der Waals surface area contributed by atoms with Gasteiger partial charge in [0.05, 0.1) is 24.6 Å². The summed E-state index contributed by atoms with van der Waals surface area (Å²) in [4.78, 5) is 37.3. The van der Waals surface area contributed by atoms with Crippen LogP contribution < -0.4 is 0 Å². The van der Waals surface area contributed by atoms with E-state index in [0.29, 0.717) is 0 Å². The highest BCUT2D eigenvalue weighted by atomic mass is 16.5. The van der Waals surface area contributed by atoms with E-state index in [9.17, 15) is 19.5 Å². The first-order chi connectivity index (χ1) is 10.3. The summed E-state index contributed by atoms with van der Waals surface area (Å²) < 4.78 is 4.67. The molecule has 116 valence electrons. The number of benzene rings is 1. The number of rotatable bonds is 4. The van der Waals surface area contributed by atoms with Crippen LogP contribution in [0.4, 0.5) is 0 Å². The Morgan fingerprint density at radius 2 is 1.82 bits per heavy atom. The SMILES string of the molecule is COC(=O)C1=C(C(=O)O)C(C)(C)C(=O)N1Cc1ccccc1. The number of carbonyl (C=O) groups excluding carboxylic acids is 2. The van der Waals surface area contributed by atoms with Gasteiger partial charge in [-0.1, -0.05) is 30.3 Å². The number of esters is 1. The van der Waals surface area contributed by atoms with Crippen molar-refractivity contribution in [1.29, 1.82) is 0 Å². The van der Waals surface area contributed by atoms with Crippen LogP contribution in [0.2, 0.25) is 0 Å². The molecule has 1 aromatic rings. The minimum Gasteiger partial charge on any atom is -0.478 e. The van der Waals surface area contributed by atoms with Crippen molar-refractivity contribution in [3.63, 3.8) is 0 Å². The van der Waals surface area contributed by atoms with Crippen LogP contribution >= 0.6 is 0 Å². The van der Waals surface area contributed by atoms with Crippen LogP contribution in [0.3, 0.4) is 0 Å². The van der Waals surface area contributed by atoms with Crippen molar-refractivity contribution in [3.8, 4) is 0 Å². The molecule has 0 spiro atoms. The van der Waals surface area contributed by atoms with Crippen molar-refractivity contribution in [2.45, 2.75) is 20.4 Å².